The van der Waals surface area contributed by atoms with Crippen LogP contribution in [0.25, 0.3) is 61.4 Å². The number of aromatic nitrogens is 4. The molecule has 4 heterocycles. The predicted octanol–water partition coefficient (Wildman–Crippen LogP) is 12.1. The van der Waals surface area contributed by atoms with E-state index in [9.17, 15) is 0 Å². The molecular weight excluding hydrogens is 913 g/mol. The molecule has 4 aromatic heterocycles. The fourth-order valence-electron chi connectivity index (χ4n) is 7.55. The number of hydrogen-bond acceptors (Lipinski definition) is 4. The molecule has 1 radical (unpaired) electrons. The Hall–Kier alpha value is -4.36. The first-order valence-electron chi connectivity index (χ1n) is 19.1. The average Bonchev–Trinajstić information content (AvgIpc) is 3.69. The standard InChI is InChI=1S/C30H26N3O.C18H24GeN.Ir/c1-17(2)24-14-13-22-21-9-8-10-23(28(21)34-30(22)32-24)29-31-25-11-6-7-12-26(25)33(29)27-19(4)15-18(3)16-20(27)5;1-14(2)11-16-12-18(15-9-7-6-8-10-15)20-13-17(16)19(3,4)5;/h6-9,11-17H,1-5H3;6-9,12-14H,11H2,1-5H3;/q2*-1;. The molecule has 8 rings (SSSR count). The quantitative estimate of drug-likeness (QED) is 0.118. The van der Waals surface area contributed by atoms with Crippen LogP contribution in [0.15, 0.2) is 102 Å². The number of imidazole rings is 1. The number of pyridine rings is 2. The van der Waals surface area contributed by atoms with Crippen molar-refractivity contribution in [1.29, 1.82) is 0 Å². The van der Waals surface area contributed by atoms with Gasteiger partial charge in [0.2, 0.25) is 5.71 Å². The van der Waals surface area contributed by atoms with E-state index in [4.69, 9.17) is 19.4 Å². The van der Waals surface area contributed by atoms with Gasteiger partial charge in [-0.1, -0.05) is 54.6 Å². The minimum atomic E-state index is -1.86. The van der Waals surface area contributed by atoms with Crippen LogP contribution < -0.4 is 4.40 Å². The van der Waals surface area contributed by atoms with Gasteiger partial charge in [0.15, 0.2) is 0 Å². The van der Waals surface area contributed by atoms with E-state index in [0.29, 0.717) is 17.5 Å². The van der Waals surface area contributed by atoms with Crippen LogP contribution in [0, 0.1) is 38.8 Å². The monoisotopic (exact) mass is 965 g/mol. The van der Waals surface area contributed by atoms with E-state index < -0.39 is 13.3 Å². The topological polar surface area (TPSA) is 56.7 Å². The Morgan fingerprint density at radius 2 is 1.51 bits per heavy atom. The second-order valence-corrected chi connectivity index (χ2v) is 26.9. The van der Waals surface area contributed by atoms with Gasteiger partial charge >= 0.3 is 126 Å². The smallest absolute Gasteiger partial charge is 0.216 e. The Balaban J connectivity index is 0.000000211. The predicted molar refractivity (Wildman–Crippen MR) is 229 cm³/mol. The fraction of sp³-hybridized carbons (Fsp3) is 0.271. The Labute approximate surface area is 342 Å². The van der Waals surface area contributed by atoms with Crippen LogP contribution in [0.1, 0.15) is 61.6 Å². The van der Waals surface area contributed by atoms with Gasteiger partial charge in [-0.2, -0.15) is 0 Å². The number of aryl methyl sites for hydroxylation is 3. The van der Waals surface area contributed by atoms with Gasteiger partial charge in [-0.3, -0.25) is 4.98 Å². The molecule has 8 aromatic rings. The van der Waals surface area contributed by atoms with E-state index in [1.807, 2.05) is 30.3 Å². The number of hydrogen-bond donors (Lipinski definition) is 0. The van der Waals surface area contributed by atoms with Crippen LogP contribution in [0.2, 0.25) is 17.3 Å². The van der Waals surface area contributed by atoms with Crippen LogP contribution in [0.5, 0.6) is 0 Å². The summed E-state index contributed by atoms with van der Waals surface area (Å²) < 4.78 is 10.2. The molecule has 0 N–H and O–H groups in total. The molecule has 0 aliphatic carbocycles. The second-order valence-electron chi connectivity index (χ2n) is 16.3. The summed E-state index contributed by atoms with van der Waals surface area (Å²) in [4.78, 5) is 14.6. The Bertz CT molecular complexity index is 2590. The molecule has 4 aromatic carbocycles. The first kappa shape index (κ1) is 40.3. The van der Waals surface area contributed by atoms with Crippen molar-refractivity contribution in [3.63, 3.8) is 0 Å². The molecule has 0 bridgehead atoms. The molecule has 55 heavy (non-hydrogen) atoms. The van der Waals surface area contributed by atoms with Crippen molar-refractivity contribution in [3.8, 4) is 28.3 Å². The third-order valence-corrected chi connectivity index (χ3v) is 14.3. The zero-order valence-corrected chi connectivity index (χ0v) is 38.1. The van der Waals surface area contributed by atoms with Crippen LogP contribution in [0.3, 0.4) is 0 Å². The maximum absolute atomic E-state index is 6.40. The third kappa shape index (κ3) is 8.28. The summed E-state index contributed by atoms with van der Waals surface area (Å²) in [5, 5.41) is 2.04. The number of para-hydroxylation sites is 2. The molecule has 7 heteroatoms. The molecule has 5 nitrogen and oxygen atoms in total. The van der Waals surface area contributed by atoms with Crippen LogP contribution in [-0.4, -0.2) is 32.8 Å². The van der Waals surface area contributed by atoms with Crippen molar-refractivity contribution in [2.75, 3.05) is 0 Å². The average molecular weight is 964 g/mol. The van der Waals surface area contributed by atoms with E-state index >= 15 is 0 Å². The molecule has 0 fully saturated rings. The first-order valence-corrected chi connectivity index (χ1v) is 26.4. The fourth-order valence-corrected chi connectivity index (χ4v) is 10.9. The molecule has 0 aliphatic rings. The molecule has 283 valence electrons. The zero-order valence-electron chi connectivity index (χ0n) is 33.6. The van der Waals surface area contributed by atoms with Gasteiger partial charge < -0.3 is 8.98 Å². The van der Waals surface area contributed by atoms with E-state index in [1.165, 1.54) is 22.3 Å². The minimum Gasteiger partial charge on any atom is -0.486 e. The van der Waals surface area contributed by atoms with Gasteiger partial charge in [0, 0.05) is 36.9 Å². The van der Waals surface area contributed by atoms with Crippen LogP contribution in [0.4, 0.5) is 0 Å². The minimum absolute atomic E-state index is 0. The normalized spacial score (nSPS) is 11.7. The maximum Gasteiger partial charge on any atom is 0.216 e. The Morgan fingerprint density at radius 3 is 2.18 bits per heavy atom. The maximum atomic E-state index is 6.40. The first-order chi connectivity index (χ1) is 25.8. The summed E-state index contributed by atoms with van der Waals surface area (Å²) in [5.41, 5.74) is 13.8. The summed E-state index contributed by atoms with van der Waals surface area (Å²) in [7, 11) is 0. The zero-order chi connectivity index (χ0) is 38.3. The second kappa shape index (κ2) is 16.4. The number of fused-ring (bicyclic) bond motifs is 4. The van der Waals surface area contributed by atoms with Crippen molar-refractivity contribution in [3.05, 3.63) is 137 Å². The summed E-state index contributed by atoms with van der Waals surface area (Å²) in [6, 6.07) is 38.0. The van der Waals surface area contributed by atoms with Gasteiger partial charge in [0.25, 0.3) is 0 Å². The van der Waals surface area contributed by atoms with E-state index in [0.717, 1.165) is 67.8 Å². The van der Waals surface area contributed by atoms with Crippen molar-refractivity contribution in [2.24, 2.45) is 5.92 Å². The summed E-state index contributed by atoms with van der Waals surface area (Å²) in [6.07, 6.45) is 3.27. The molecule has 0 saturated heterocycles. The summed E-state index contributed by atoms with van der Waals surface area (Å²) >= 11 is -1.86. The number of benzene rings is 4. The molecule has 0 saturated carbocycles. The molecule has 0 aliphatic heterocycles. The van der Waals surface area contributed by atoms with E-state index in [1.54, 1.807) is 4.40 Å². The van der Waals surface area contributed by atoms with E-state index in [2.05, 4.69) is 149 Å². The van der Waals surface area contributed by atoms with Crippen molar-refractivity contribution in [1.82, 2.24) is 19.5 Å². The van der Waals surface area contributed by atoms with Crippen molar-refractivity contribution < 1.29 is 24.5 Å². The van der Waals surface area contributed by atoms with Gasteiger partial charge in [-0.25, -0.2) is 4.98 Å². The van der Waals surface area contributed by atoms with E-state index in [-0.39, 0.29) is 20.1 Å². The van der Waals surface area contributed by atoms with Crippen LogP contribution in [-0.2, 0) is 26.5 Å². The SMILES string of the molecule is CC(C)Cc1cc(-c2[c-]cccc2)nc[c]1[Ge]([CH3])([CH3])[CH3].Cc1cc(C)c(-n2c(-c3[c-]ccc4c3oc3nc(C(C)C)ccc34)nc3ccccc32)c(C)c1.[Ir]. The third-order valence-electron chi connectivity index (χ3n) is 9.97. The van der Waals surface area contributed by atoms with Gasteiger partial charge in [0.05, 0.1) is 22.4 Å². The largest absolute Gasteiger partial charge is 0.486 e. The Morgan fingerprint density at radius 1 is 0.782 bits per heavy atom. The van der Waals surface area contributed by atoms with Gasteiger partial charge in [-0.15, -0.1) is 18.2 Å². The number of nitrogens with zero attached hydrogens (tertiary/aromatic N) is 4. The molecule has 0 atom stereocenters. The molecular formula is C48H50GeIrN4O-2. The number of rotatable bonds is 7. The summed E-state index contributed by atoms with van der Waals surface area (Å²) in [5.74, 6) is 9.15. The molecule has 0 amide bonds. The number of furan rings is 1. The summed E-state index contributed by atoms with van der Waals surface area (Å²) in [6.45, 7) is 15.3. The van der Waals surface area contributed by atoms with Gasteiger partial charge in [0.1, 0.15) is 0 Å². The molecule has 0 unspecified atom stereocenters. The molecule has 0 spiro atoms. The van der Waals surface area contributed by atoms with Crippen molar-refractivity contribution in [2.45, 2.75) is 78.1 Å². The van der Waals surface area contributed by atoms with Crippen LogP contribution >= 0.6 is 0 Å². The Kier molecular flexibility index (Phi) is 12.0. The van der Waals surface area contributed by atoms with Crippen molar-refractivity contribution >= 4 is 50.8 Å². The van der Waals surface area contributed by atoms with Gasteiger partial charge in [-0.05, 0) is 62.1 Å².